The maximum atomic E-state index is 6.10. The van der Waals surface area contributed by atoms with E-state index >= 15 is 0 Å². The summed E-state index contributed by atoms with van der Waals surface area (Å²) in [5, 5.41) is 3.88. The highest BCUT2D eigenvalue weighted by Gasteiger charge is 2.43. The summed E-state index contributed by atoms with van der Waals surface area (Å²) in [6.45, 7) is 10.4. The van der Waals surface area contributed by atoms with Crippen LogP contribution < -0.4 is 5.32 Å². The van der Waals surface area contributed by atoms with E-state index in [-0.39, 0.29) is 0 Å². The molecular formula is C17H33NO. The molecule has 2 nitrogen and oxygen atoms in total. The Labute approximate surface area is 119 Å². The van der Waals surface area contributed by atoms with Crippen molar-refractivity contribution in [1.82, 2.24) is 5.32 Å². The average molecular weight is 267 g/mol. The zero-order chi connectivity index (χ0) is 13.8. The van der Waals surface area contributed by atoms with Crippen LogP contribution in [-0.2, 0) is 4.74 Å². The normalized spacial score (nSPS) is 38.5. The van der Waals surface area contributed by atoms with Crippen molar-refractivity contribution in [3.8, 4) is 0 Å². The molecular weight excluding hydrogens is 234 g/mol. The molecule has 1 heterocycles. The Balaban J connectivity index is 2.07. The molecule has 2 heteroatoms. The van der Waals surface area contributed by atoms with Gasteiger partial charge in [-0.1, -0.05) is 33.1 Å². The first kappa shape index (κ1) is 15.3. The minimum Gasteiger partial charge on any atom is -0.375 e. The summed E-state index contributed by atoms with van der Waals surface area (Å²) in [5.41, 5.74) is 0. The lowest BCUT2D eigenvalue weighted by atomic mass is 9.73. The predicted octanol–water partition coefficient (Wildman–Crippen LogP) is 3.99. The Hall–Kier alpha value is -0.0800. The van der Waals surface area contributed by atoms with Crippen LogP contribution in [0.25, 0.3) is 0 Å². The zero-order valence-corrected chi connectivity index (χ0v) is 13.3. The molecule has 19 heavy (non-hydrogen) atoms. The van der Waals surface area contributed by atoms with Gasteiger partial charge in [-0.3, -0.25) is 0 Å². The van der Waals surface area contributed by atoms with Crippen molar-refractivity contribution < 1.29 is 4.74 Å². The Morgan fingerprint density at radius 3 is 2.26 bits per heavy atom. The standard InChI is InChI=1S/C17H33NO/c1-5-11-18-17(15-9-7-6-8-10-15)16-12(2)13(3)19-14(16)4/h12-18H,5-11H2,1-4H3. The van der Waals surface area contributed by atoms with Crippen LogP contribution in [0.1, 0.15) is 66.2 Å². The second kappa shape index (κ2) is 7.08. The maximum absolute atomic E-state index is 6.10. The Bertz CT molecular complexity index is 262. The summed E-state index contributed by atoms with van der Waals surface area (Å²) in [7, 11) is 0. The summed E-state index contributed by atoms with van der Waals surface area (Å²) in [6, 6.07) is 0.676. The predicted molar refractivity (Wildman–Crippen MR) is 81.3 cm³/mol. The van der Waals surface area contributed by atoms with Crippen LogP contribution in [-0.4, -0.2) is 24.8 Å². The molecule has 0 aromatic heterocycles. The third kappa shape index (κ3) is 3.52. The van der Waals surface area contributed by atoms with Gasteiger partial charge in [-0.05, 0) is 51.5 Å². The van der Waals surface area contributed by atoms with Crippen LogP contribution in [0, 0.1) is 17.8 Å². The molecule has 0 aromatic carbocycles. The van der Waals surface area contributed by atoms with Crippen molar-refractivity contribution in [2.24, 2.45) is 17.8 Å². The van der Waals surface area contributed by atoms with Gasteiger partial charge in [0.15, 0.2) is 0 Å². The lowest BCUT2D eigenvalue weighted by Gasteiger charge is -2.38. The van der Waals surface area contributed by atoms with Gasteiger partial charge in [0.05, 0.1) is 12.2 Å². The Morgan fingerprint density at radius 2 is 1.74 bits per heavy atom. The van der Waals surface area contributed by atoms with Crippen LogP contribution in [0.3, 0.4) is 0 Å². The van der Waals surface area contributed by atoms with E-state index in [9.17, 15) is 0 Å². The second-order valence-electron chi connectivity index (χ2n) is 6.86. The second-order valence-corrected chi connectivity index (χ2v) is 6.86. The van der Waals surface area contributed by atoms with Crippen molar-refractivity contribution in [1.29, 1.82) is 0 Å². The van der Waals surface area contributed by atoms with Gasteiger partial charge in [-0.25, -0.2) is 0 Å². The lowest BCUT2D eigenvalue weighted by Crippen LogP contribution is -2.47. The maximum Gasteiger partial charge on any atom is 0.0597 e. The zero-order valence-electron chi connectivity index (χ0n) is 13.3. The number of ether oxygens (including phenoxy) is 1. The minimum absolute atomic E-state index is 0.418. The number of rotatable bonds is 5. The fraction of sp³-hybridized carbons (Fsp3) is 1.00. The summed E-state index contributed by atoms with van der Waals surface area (Å²) in [4.78, 5) is 0. The van der Waals surface area contributed by atoms with E-state index in [0.29, 0.717) is 30.1 Å². The molecule has 1 saturated heterocycles. The first-order valence-corrected chi connectivity index (χ1v) is 8.54. The van der Waals surface area contributed by atoms with Crippen molar-refractivity contribution >= 4 is 0 Å². The van der Waals surface area contributed by atoms with Crippen molar-refractivity contribution in [2.75, 3.05) is 6.54 Å². The molecule has 1 aliphatic carbocycles. The Kier molecular flexibility index (Phi) is 5.70. The third-order valence-corrected chi connectivity index (χ3v) is 5.52. The van der Waals surface area contributed by atoms with Crippen LogP contribution in [0.4, 0.5) is 0 Å². The first-order valence-electron chi connectivity index (χ1n) is 8.54. The number of hydrogen-bond acceptors (Lipinski definition) is 2. The smallest absolute Gasteiger partial charge is 0.0597 e. The molecule has 0 aromatic rings. The van der Waals surface area contributed by atoms with Gasteiger partial charge < -0.3 is 10.1 Å². The molecule has 2 aliphatic rings. The van der Waals surface area contributed by atoms with E-state index in [0.717, 1.165) is 12.5 Å². The molecule has 0 radical (unpaired) electrons. The van der Waals surface area contributed by atoms with Crippen molar-refractivity contribution in [3.63, 3.8) is 0 Å². The minimum atomic E-state index is 0.418. The highest BCUT2D eigenvalue weighted by Crippen LogP contribution is 2.40. The molecule has 2 rings (SSSR count). The SMILES string of the molecule is CCCNC(C1CCCCC1)C1C(C)OC(C)C1C. The molecule has 0 amide bonds. The van der Waals surface area contributed by atoms with E-state index in [2.05, 4.69) is 33.0 Å². The summed E-state index contributed by atoms with van der Waals surface area (Å²) in [6.07, 6.45) is 9.23. The van der Waals surface area contributed by atoms with Gasteiger partial charge in [0.1, 0.15) is 0 Å². The number of nitrogens with one attached hydrogen (secondary N) is 1. The molecule has 1 aliphatic heterocycles. The largest absolute Gasteiger partial charge is 0.375 e. The molecule has 112 valence electrons. The van der Waals surface area contributed by atoms with Crippen LogP contribution in [0.15, 0.2) is 0 Å². The summed E-state index contributed by atoms with van der Waals surface area (Å²) in [5.74, 6) is 2.26. The van der Waals surface area contributed by atoms with Crippen LogP contribution in [0.2, 0.25) is 0 Å². The molecule has 0 bridgehead atoms. The average Bonchev–Trinajstić information content (AvgIpc) is 2.67. The van der Waals surface area contributed by atoms with E-state index in [4.69, 9.17) is 4.74 Å². The quantitative estimate of drug-likeness (QED) is 0.813. The van der Waals surface area contributed by atoms with E-state index < -0.39 is 0 Å². The summed E-state index contributed by atoms with van der Waals surface area (Å²) < 4.78 is 6.10. The molecule has 0 spiro atoms. The van der Waals surface area contributed by atoms with Crippen LogP contribution >= 0.6 is 0 Å². The van der Waals surface area contributed by atoms with Crippen molar-refractivity contribution in [3.05, 3.63) is 0 Å². The van der Waals surface area contributed by atoms with Gasteiger partial charge in [-0.15, -0.1) is 0 Å². The van der Waals surface area contributed by atoms with E-state index in [1.807, 2.05) is 0 Å². The third-order valence-electron chi connectivity index (χ3n) is 5.52. The Morgan fingerprint density at radius 1 is 1.05 bits per heavy atom. The van der Waals surface area contributed by atoms with Gasteiger partial charge in [0.25, 0.3) is 0 Å². The molecule has 5 unspecified atom stereocenters. The highest BCUT2D eigenvalue weighted by molar-refractivity contribution is 4.95. The topological polar surface area (TPSA) is 21.3 Å². The van der Waals surface area contributed by atoms with E-state index in [1.54, 1.807) is 0 Å². The summed E-state index contributed by atoms with van der Waals surface area (Å²) >= 11 is 0. The number of hydrogen-bond donors (Lipinski definition) is 1. The monoisotopic (exact) mass is 267 g/mol. The molecule has 1 N–H and O–H groups in total. The van der Waals surface area contributed by atoms with Crippen molar-refractivity contribution in [2.45, 2.75) is 84.5 Å². The first-order chi connectivity index (χ1) is 9.15. The highest BCUT2D eigenvalue weighted by atomic mass is 16.5. The van der Waals surface area contributed by atoms with Gasteiger partial charge >= 0.3 is 0 Å². The molecule has 2 fully saturated rings. The lowest BCUT2D eigenvalue weighted by molar-refractivity contribution is 0.0428. The van der Waals surface area contributed by atoms with Crippen LogP contribution in [0.5, 0.6) is 0 Å². The van der Waals surface area contributed by atoms with E-state index in [1.165, 1.54) is 38.5 Å². The fourth-order valence-electron chi connectivity index (χ4n) is 4.33. The molecule has 1 saturated carbocycles. The van der Waals surface area contributed by atoms with Gasteiger partial charge in [0, 0.05) is 12.0 Å². The molecule has 5 atom stereocenters. The van der Waals surface area contributed by atoms with Gasteiger partial charge in [0.2, 0.25) is 0 Å². The fourth-order valence-corrected chi connectivity index (χ4v) is 4.33. The van der Waals surface area contributed by atoms with Gasteiger partial charge in [-0.2, -0.15) is 0 Å².